The molecular weight excluding hydrogens is 424 g/mol. The zero-order chi connectivity index (χ0) is 24.0. The summed E-state index contributed by atoms with van der Waals surface area (Å²) in [6.45, 7) is 8.80. The number of hydrogen-bond acceptors (Lipinski definition) is 8. The lowest BCUT2D eigenvalue weighted by Gasteiger charge is -2.15. The third-order valence-corrected chi connectivity index (χ3v) is 4.94. The minimum Gasteiger partial charge on any atom is -0.483 e. The van der Waals surface area contributed by atoms with Gasteiger partial charge in [0.2, 0.25) is 5.95 Å². The number of aromatic amines is 1. The van der Waals surface area contributed by atoms with Gasteiger partial charge in [-0.15, -0.1) is 0 Å². The highest BCUT2D eigenvalue weighted by Crippen LogP contribution is 2.27. The Bertz CT molecular complexity index is 1330. The first-order chi connectivity index (χ1) is 15.8. The van der Waals surface area contributed by atoms with Crippen LogP contribution in [0.3, 0.4) is 0 Å². The number of hydrogen-bond donors (Lipinski definition) is 5. The van der Waals surface area contributed by atoms with Crippen molar-refractivity contribution in [2.75, 3.05) is 22.5 Å². The van der Waals surface area contributed by atoms with E-state index in [1.807, 2.05) is 13.0 Å². The van der Waals surface area contributed by atoms with Crippen LogP contribution in [-0.2, 0) is 4.79 Å². The SMILES string of the molecule is CCNc1cc(Nc2ncc(C)c(Nc3ccc4oc(=O)[nH]c4c3)n2)cc(C)c1C.O=CO. The number of nitrogens with zero attached hydrogens (tertiary/aromatic N) is 2. The predicted molar refractivity (Wildman–Crippen MR) is 129 cm³/mol. The summed E-state index contributed by atoms with van der Waals surface area (Å²) in [5.74, 6) is 0.692. The van der Waals surface area contributed by atoms with Crippen molar-refractivity contribution in [3.8, 4) is 0 Å². The number of anilines is 5. The maximum atomic E-state index is 11.4. The van der Waals surface area contributed by atoms with Crippen LogP contribution in [0.2, 0.25) is 0 Å². The Morgan fingerprint density at radius 1 is 1.09 bits per heavy atom. The van der Waals surface area contributed by atoms with E-state index in [9.17, 15) is 4.79 Å². The fourth-order valence-electron chi connectivity index (χ4n) is 3.23. The highest BCUT2D eigenvalue weighted by atomic mass is 16.4. The summed E-state index contributed by atoms with van der Waals surface area (Å²) in [5, 5.41) is 16.9. The van der Waals surface area contributed by atoms with Gasteiger partial charge in [-0.2, -0.15) is 4.98 Å². The van der Waals surface area contributed by atoms with E-state index in [0.717, 1.165) is 29.2 Å². The van der Waals surface area contributed by atoms with E-state index in [0.29, 0.717) is 22.9 Å². The van der Waals surface area contributed by atoms with Crippen molar-refractivity contribution in [3.63, 3.8) is 0 Å². The van der Waals surface area contributed by atoms with Crippen LogP contribution in [0.5, 0.6) is 0 Å². The number of aryl methyl sites for hydroxylation is 2. The number of rotatable bonds is 6. The Labute approximate surface area is 190 Å². The number of benzene rings is 2. The maximum Gasteiger partial charge on any atom is 0.417 e. The maximum absolute atomic E-state index is 11.4. The second-order valence-electron chi connectivity index (χ2n) is 7.30. The predicted octanol–water partition coefficient (Wildman–Crippen LogP) is 4.46. The number of fused-ring (bicyclic) bond motifs is 1. The molecule has 4 aromatic rings. The molecule has 0 bridgehead atoms. The Morgan fingerprint density at radius 2 is 1.85 bits per heavy atom. The van der Waals surface area contributed by atoms with Gasteiger partial charge in [0, 0.05) is 35.4 Å². The molecule has 10 heteroatoms. The molecule has 0 atom stereocenters. The average molecular weight is 450 g/mol. The van der Waals surface area contributed by atoms with Gasteiger partial charge >= 0.3 is 5.76 Å². The molecule has 0 saturated heterocycles. The molecule has 0 aliphatic rings. The molecule has 0 radical (unpaired) electrons. The minimum absolute atomic E-state index is 0.250. The first-order valence-corrected chi connectivity index (χ1v) is 10.3. The molecule has 172 valence electrons. The molecule has 2 aromatic carbocycles. The zero-order valence-electron chi connectivity index (χ0n) is 18.8. The first-order valence-electron chi connectivity index (χ1n) is 10.3. The van der Waals surface area contributed by atoms with Gasteiger partial charge in [0.25, 0.3) is 6.47 Å². The van der Waals surface area contributed by atoms with Crippen LogP contribution in [0, 0.1) is 20.8 Å². The average Bonchev–Trinajstić information content (AvgIpc) is 3.14. The van der Waals surface area contributed by atoms with Crippen LogP contribution in [0.15, 0.2) is 45.7 Å². The summed E-state index contributed by atoms with van der Waals surface area (Å²) in [5.41, 5.74) is 7.24. The number of nitrogens with one attached hydrogen (secondary N) is 4. The van der Waals surface area contributed by atoms with Crippen molar-refractivity contribution < 1.29 is 14.3 Å². The number of carboxylic acid groups (broad SMARTS) is 1. The van der Waals surface area contributed by atoms with Crippen LogP contribution in [-0.4, -0.2) is 33.1 Å². The van der Waals surface area contributed by atoms with Crippen molar-refractivity contribution >= 4 is 46.4 Å². The number of oxazole rings is 1. The molecule has 0 amide bonds. The van der Waals surface area contributed by atoms with Crippen molar-refractivity contribution in [3.05, 3.63) is 63.8 Å². The van der Waals surface area contributed by atoms with E-state index >= 15 is 0 Å². The van der Waals surface area contributed by atoms with Crippen LogP contribution in [0.1, 0.15) is 23.6 Å². The topological polar surface area (TPSA) is 145 Å². The summed E-state index contributed by atoms with van der Waals surface area (Å²) in [6.07, 6.45) is 1.77. The standard InChI is InChI=1S/C22H24N6O2.CH2O2/c1-5-23-17-10-16(8-12(2)14(17)4)26-21-24-11-13(3)20(28-21)25-15-6-7-19-18(9-15)27-22(29)30-19;2-1-3/h6-11,23H,5H2,1-4H3,(H,27,29)(H2,24,25,26,28);1H,(H,2,3). The summed E-state index contributed by atoms with van der Waals surface area (Å²) >= 11 is 0. The Balaban J connectivity index is 0.000000968. The normalized spacial score (nSPS) is 10.3. The van der Waals surface area contributed by atoms with Crippen molar-refractivity contribution in [1.29, 1.82) is 0 Å². The Hall–Kier alpha value is -4.34. The van der Waals surface area contributed by atoms with Crippen LogP contribution < -0.4 is 21.7 Å². The molecule has 2 heterocycles. The Kier molecular flexibility index (Phi) is 7.29. The number of H-pyrrole nitrogens is 1. The smallest absolute Gasteiger partial charge is 0.417 e. The van der Waals surface area contributed by atoms with Crippen molar-refractivity contribution in [1.82, 2.24) is 15.0 Å². The first kappa shape index (κ1) is 23.3. The van der Waals surface area contributed by atoms with E-state index in [4.69, 9.17) is 14.3 Å². The van der Waals surface area contributed by atoms with E-state index in [1.54, 1.807) is 18.3 Å². The molecule has 0 unspecified atom stereocenters. The molecule has 0 fully saturated rings. The summed E-state index contributed by atoms with van der Waals surface area (Å²) < 4.78 is 5.05. The van der Waals surface area contributed by atoms with E-state index < -0.39 is 5.76 Å². The third kappa shape index (κ3) is 5.67. The van der Waals surface area contributed by atoms with Gasteiger partial charge in [-0.25, -0.2) is 9.78 Å². The summed E-state index contributed by atoms with van der Waals surface area (Å²) in [6, 6.07) is 9.52. The molecule has 0 saturated carbocycles. The molecule has 0 aliphatic carbocycles. The van der Waals surface area contributed by atoms with Gasteiger partial charge in [-0.3, -0.25) is 9.78 Å². The molecule has 4 rings (SSSR count). The molecule has 0 aliphatic heterocycles. The largest absolute Gasteiger partial charge is 0.483 e. The molecule has 0 spiro atoms. The Morgan fingerprint density at radius 3 is 2.58 bits per heavy atom. The summed E-state index contributed by atoms with van der Waals surface area (Å²) in [4.78, 5) is 31.4. The highest BCUT2D eigenvalue weighted by Gasteiger charge is 2.09. The van der Waals surface area contributed by atoms with Gasteiger partial charge < -0.3 is 25.5 Å². The monoisotopic (exact) mass is 450 g/mol. The van der Waals surface area contributed by atoms with Gasteiger partial charge in [-0.1, -0.05) is 0 Å². The third-order valence-electron chi connectivity index (χ3n) is 4.94. The van der Waals surface area contributed by atoms with Crippen LogP contribution in [0.25, 0.3) is 11.1 Å². The fraction of sp³-hybridized carbons (Fsp3) is 0.217. The zero-order valence-corrected chi connectivity index (χ0v) is 18.8. The minimum atomic E-state index is -0.475. The summed E-state index contributed by atoms with van der Waals surface area (Å²) in [7, 11) is 0. The number of aromatic nitrogens is 3. The van der Waals surface area contributed by atoms with Crippen molar-refractivity contribution in [2.24, 2.45) is 0 Å². The second kappa shape index (κ2) is 10.3. The highest BCUT2D eigenvalue weighted by molar-refractivity contribution is 5.78. The molecule has 2 aromatic heterocycles. The second-order valence-corrected chi connectivity index (χ2v) is 7.30. The fourth-order valence-corrected chi connectivity index (χ4v) is 3.23. The van der Waals surface area contributed by atoms with Gasteiger partial charge in [0.05, 0.1) is 5.52 Å². The quantitative estimate of drug-likeness (QED) is 0.269. The van der Waals surface area contributed by atoms with Crippen LogP contribution >= 0.6 is 0 Å². The molecule has 33 heavy (non-hydrogen) atoms. The van der Waals surface area contributed by atoms with E-state index in [1.165, 1.54) is 11.1 Å². The van der Waals surface area contributed by atoms with E-state index in [-0.39, 0.29) is 6.47 Å². The van der Waals surface area contributed by atoms with Gasteiger partial charge in [0.15, 0.2) is 5.58 Å². The van der Waals surface area contributed by atoms with Crippen molar-refractivity contribution in [2.45, 2.75) is 27.7 Å². The lowest BCUT2D eigenvalue weighted by Crippen LogP contribution is -2.05. The lowest BCUT2D eigenvalue weighted by atomic mass is 10.1. The van der Waals surface area contributed by atoms with Gasteiger partial charge in [0.1, 0.15) is 5.82 Å². The van der Waals surface area contributed by atoms with Gasteiger partial charge in [-0.05, 0) is 69.2 Å². The van der Waals surface area contributed by atoms with E-state index in [2.05, 4.69) is 63.8 Å². The lowest BCUT2D eigenvalue weighted by molar-refractivity contribution is -0.122. The molecule has 5 N–H and O–H groups in total. The molecular formula is C23H26N6O4. The van der Waals surface area contributed by atoms with Crippen LogP contribution in [0.4, 0.5) is 28.8 Å². The number of carbonyl (C=O) groups is 1. The molecule has 10 nitrogen and oxygen atoms in total.